The number of aromatic amines is 1. The van der Waals surface area contributed by atoms with E-state index in [1.165, 1.54) is 6.20 Å². The summed E-state index contributed by atoms with van der Waals surface area (Å²) in [5, 5.41) is 13.1. The van der Waals surface area contributed by atoms with Gasteiger partial charge < -0.3 is 15.2 Å². The van der Waals surface area contributed by atoms with Crippen LogP contribution < -0.4 is 10.6 Å². The number of hydrogen-bond donors (Lipinski definition) is 3. The van der Waals surface area contributed by atoms with Crippen molar-refractivity contribution in [2.24, 2.45) is 0 Å². The fraction of sp³-hybridized carbons (Fsp3) is 0.133. The predicted octanol–water partition coefficient (Wildman–Crippen LogP) is 1.77. The lowest BCUT2D eigenvalue weighted by Crippen LogP contribution is -2.34. The first-order valence-electron chi connectivity index (χ1n) is 6.91. The zero-order valence-electron chi connectivity index (χ0n) is 12.0. The summed E-state index contributed by atoms with van der Waals surface area (Å²) in [7, 11) is 0. The number of anilines is 1. The zero-order valence-corrected chi connectivity index (χ0v) is 12.8. The number of rotatable bonds is 5. The molecule has 0 radical (unpaired) electrons. The molecule has 0 atom stereocenters. The fourth-order valence-electron chi connectivity index (χ4n) is 2.21. The maximum atomic E-state index is 12.0. The van der Waals surface area contributed by atoms with Crippen LogP contribution in [0, 0.1) is 0 Å². The first-order chi connectivity index (χ1) is 11.1. The van der Waals surface area contributed by atoms with Crippen molar-refractivity contribution in [3.63, 3.8) is 0 Å². The highest BCUT2D eigenvalue weighted by Gasteiger charge is 2.09. The Kier molecular flexibility index (Phi) is 4.29. The van der Waals surface area contributed by atoms with Crippen LogP contribution in [0.4, 0.5) is 5.69 Å². The minimum absolute atomic E-state index is 0.107. The van der Waals surface area contributed by atoms with E-state index < -0.39 is 0 Å². The number of aromatic nitrogens is 3. The molecule has 1 aromatic carbocycles. The number of benzene rings is 1. The number of nitrogens with zero attached hydrogens (tertiary/aromatic N) is 2. The Balaban J connectivity index is 1.56. The Morgan fingerprint density at radius 3 is 2.91 bits per heavy atom. The van der Waals surface area contributed by atoms with Crippen LogP contribution in [0.25, 0.3) is 10.9 Å². The van der Waals surface area contributed by atoms with E-state index in [9.17, 15) is 9.59 Å². The van der Waals surface area contributed by atoms with Crippen molar-refractivity contribution < 1.29 is 9.59 Å². The Bertz CT molecular complexity index is 841. The molecule has 3 aromatic rings. The number of hydrogen-bond acceptors (Lipinski definition) is 3. The van der Waals surface area contributed by atoms with Crippen molar-refractivity contribution in [2.75, 3.05) is 11.9 Å². The number of carbonyl (C=O) groups is 2. The molecule has 0 saturated carbocycles. The van der Waals surface area contributed by atoms with Crippen molar-refractivity contribution in [1.29, 1.82) is 0 Å². The summed E-state index contributed by atoms with van der Waals surface area (Å²) >= 11 is 5.98. The van der Waals surface area contributed by atoms with Crippen LogP contribution in [-0.4, -0.2) is 33.1 Å². The summed E-state index contributed by atoms with van der Waals surface area (Å²) in [5.74, 6) is -0.579. The Hall–Kier alpha value is -2.80. The van der Waals surface area contributed by atoms with Gasteiger partial charge in [-0.25, -0.2) is 0 Å². The van der Waals surface area contributed by atoms with Gasteiger partial charge in [-0.15, -0.1) is 0 Å². The molecule has 0 aliphatic carbocycles. The first kappa shape index (κ1) is 15.1. The van der Waals surface area contributed by atoms with Gasteiger partial charge in [0.25, 0.3) is 0 Å². The maximum Gasteiger partial charge on any atom is 0.243 e. The van der Waals surface area contributed by atoms with Gasteiger partial charge >= 0.3 is 0 Å². The molecular weight excluding hydrogens is 318 g/mol. The molecule has 0 aliphatic heterocycles. The van der Waals surface area contributed by atoms with Crippen LogP contribution >= 0.6 is 11.6 Å². The SMILES string of the molecule is O=C(Cn1ccc2ccc(Cl)cc21)NCC(=O)Nc1cn[nH]c1. The maximum absolute atomic E-state index is 12.0. The quantitative estimate of drug-likeness (QED) is 0.665. The lowest BCUT2D eigenvalue weighted by Gasteiger charge is -2.07. The summed E-state index contributed by atoms with van der Waals surface area (Å²) in [6.07, 6.45) is 4.84. The van der Waals surface area contributed by atoms with Gasteiger partial charge in [-0.2, -0.15) is 5.10 Å². The second-order valence-electron chi connectivity index (χ2n) is 4.96. The second-order valence-corrected chi connectivity index (χ2v) is 5.40. The molecule has 0 fully saturated rings. The predicted molar refractivity (Wildman–Crippen MR) is 87.2 cm³/mol. The molecule has 0 saturated heterocycles. The summed E-state index contributed by atoms with van der Waals surface area (Å²) in [4.78, 5) is 23.7. The minimum Gasteiger partial charge on any atom is -0.345 e. The lowest BCUT2D eigenvalue weighted by molar-refractivity contribution is -0.124. The third-order valence-electron chi connectivity index (χ3n) is 3.28. The number of carbonyl (C=O) groups excluding carboxylic acids is 2. The molecule has 0 bridgehead atoms. The lowest BCUT2D eigenvalue weighted by atomic mass is 10.2. The summed E-state index contributed by atoms with van der Waals surface area (Å²) in [6.45, 7) is 0.00675. The molecule has 0 unspecified atom stereocenters. The van der Waals surface area contributed by atoms with Crippen molar-refractivity contribution in [1.82, 2.24) is 20.1 Å². The molecular formula is C15H14ClN5O2. The van der Waals surface area contributed by atoms with Gasteiger partial charge in [-0.1, -0.05) is 17.7 Å². The van der Waals surface area contributed by atoms with E-state index in [0.717, 1.165) is 10.9 Å². The van der Waals surface area contributed by atoms with Gasteiger partial charge in [0.2, 0.25) is 11.8 Å². The normalized spacial score (nSPS) is 10.7. The van der Waals surface area contributed by atoms with Crippen LogP contribution in [-0.2, 0) is 16.1 Å². The van der Waals surface area contributed by atoms with E-state index >= 15 is 0 Å². The van der Waals surface area contributed by atoms with Gasteiger partial charge in [0.05, 0.1) is 18.4 Å². The molecule has 3 N–H and O–H groups in total. The number of nitrogens with one attached hydrogen (secondary N) is 3. The van der Waals surface area contributed by atoms with E-state index in [4.69, 9.17) is 11.6 Å². The average molecular weight is 332 g/mol. The highest BCUT2D eigenvalue weighted by Crippen LogP contribution is 2.20. The number of fused-ring (bicyclic) bond motifs is 1. The van der Waals surface area contributed by atoms with Crippen LogP contribution in [0.3, 0.4) is 0 Å². The van der Waals surface area contributed by atoms with Crippen molar-refractivity contribution in [3.8, 4) is 0 Å². The van der Waals surface area contributed by atoms with E-state index in [0.29, 0.717) is 10.7 Å². The van der Waals surface area contributed by atoms with E-state index in [2.05, 4.69) is 20.8 Å². The molecule has 8 heteroatoms. The van der Waals surface area contributed by atoms with E-state index in [1.54, 1.807) is 22.9 Å². The highest BCUT2D eigenvalue weighted by atomic mass is 35.5. The Morgan fingerprint density at radius 2 is 2.13 bits per heavy atom. The van der Waals surface area contributed by atoms with Gasteiger partial charge in [0, 0.05) is 22.9 Å². The summed E-state index contributed by atoms with van der Waals surface area (Å²) in [6, 6.07) is 7.40. The molecule has 2 amide bonds. The van der Waals surface area contributed by atoms with E-state index in [-0.39, 0.29) is 24.9 Å². The third kappa shape index (κ3) is 3.70. The molecule has 118 valence electrons. The average Bonchev–Trinajstić information content (AvgIpc) is 3.16. The molecule has 0 spiro atoms. The summed E-state index contributed by atoms with van der Waals surface area (Å²) < 4.78 is 1.78. The molecule has 7 nitrogen and oxygen atoms in total. The van der Waals surface area contributed by atoms with Crippen molar-refractivity contribution >= 4 is 40.0 Å². The summed E-state index contributed by atoms with van der Waals surface area (Å²) in [5.41, 5.74) is 1.42. The van der Waals surface area contributed by atoms with Crippen LogP contribution in [0.15, 0.2) is 42.9 Å². The minimum atomic E-state index is -0.319. The molecule has 3 rings (SSSR count). The van der Waals surface area contributed by atoms with Crippen LogP contribution in [0.5, 0.6) is 0 Å². The molecule has 2 aromatic heterocycles. The topological polar surface area (TPSA) is 91.8 Å². The van der Waals surface area contributed by atoms with Gasteiger partial charge in [0.15, 0.2) is 0 Å². The van der Waals surface area contributed by atoms with Crippen molar-refractivity contribution in [2.45, 2.75) is 6.54 Å². The standard InChI is InChI=1S/C15H14ClN5O2/c16-11-2-1-10-3-4-21(13(10)5-11)9-15(23)17-8-14(22)20-12-6-18-19-7-12/h1-7H,8-9H2,(H,17,23)(H,18,19)(H,20,22). The first-order valence-corrected chi connectivity index (χ1v) is 7.29. The molecule has 2 heterocycles. The van der Waals surface area contributed by atoms with Crippen LogP contribution in [0.2, 0.25) is 5.02 Å². The largest absolute Gasteiger partial charge is 0.345 e. The fourth-order valence-corrected chi connectivity index (χ4v) is 2.38. The smallest absolute Gasteiger partial charge is 0.243 e. The van der Waals surface area contributed by atoms with Gasteiger partial charge in [-0.3, -0.25) is 14.7 Å². The zero-order chi connectivity index (χ0) is 16.2. The second kappa shape index (κ2) is 6.53. The molecule has 23 heavy (non-hydrogen) atoms. The number of H-pyrrole nitrogens is 1. The third-order valence-corrected chi connectivity index (χ3v) is 3.51. The monoisotopic (exact) mass is 331 g/mol. The number of amides is 2. The van der Waals surface area contributed by atoms with Crippen LogP contribution in [0.1, 0.15) is 0 Å². The van der Waals surface area contributed by atoms with Gasteiger partial charge in [-0.05, 0) is 23.6 Å². The highest BCUT2D eigenvalue weighted by molar-refractivity contribution is 6.31. The van der Waals surface area contributed by atoms with Crippen molar-refractivity contribution in [3.05, 3.63) is 47.9 Å². The van der Waals surface area contributed by atoms with E-state index in [1.807, 2.05) is 18.3 Å². The Morgan fingerprint density at radius 1 is 1.26 bits per heavy atom. The Labute approximate surface area is 136 Å². The number of halogens is 1. The van der Waals surface area contributed by atoms with Gasteiger partial charge in [0.1, 0.15) is 6.54 Å². The molecule has 0 aliphatic rings.